The van der Waals surface area contributed by atoms with Crippen LogP contribution >= 0.6 is 0 Å². The Morgan fingerprint density at radius 1 is 1.22 bits per heavy atom. The van der Waals surface area contributed by atoms with Crippen molar-refractivity contribution in [2.24, 2.45) is 0 Å². The molecule has 1 fully saturated rings. The molecule has 0 unspecified atom stereocenters. The molecule has 3 rings (SSSR count). The molecule has 1 aromatic heterocycles. The molecule has 0 aliphatic heterocycles. The topological polar surface area (TPSA) is 59.3 Å². The highest BCUT2D eigenvalue weighted by molar-refractivity contribution is 5.85. The molecule has 0 spiro atoms. The van der Waals surface area contributed by atoms with Crippen LogP contribution in [0.1, 0.15) is 36.9 Å². The van der Waals surface area contributed by atoms with Gasteiger partial charge in [0.05, 0.1) is 5.69 Å². The lowest BCUT2D eigenvalue weighted by Crippen LogP contribution is -2.22. The minimum atomic E-state index is -1.05. The van der Waals surface area contributed by atoms with Crippen molar-refractivity contribution in [3.8, 4) is 11.3 Å². The number of benzene rings is 1. The van der Waals surface area contributed by atoms with E-state index in [1.807, 2.05) is 22.8 Å². The first-order valence-electron chi connectivity index (χ1n) is 7.86. The van der Waals surface area contributed by atoms with Crippen LogP contribution < -0.4 is 5.56 Å². The van der Waals surface area contributed by atoms with Crippen molar-refractivity contribution in [2.75, 3.05) is 0 Å². The zero-order valence-corrected chi connectivity index (χ0v) is 13.0. The number of hydrogen-bond acceptors (Lipinski definition) is 2. The number of aliphatic carboxylic acids is 1. The number of rotatable bonds is 5. The number of hydrogen-bond donors (Lipinski definition) is 1. The fourth-order valence-electron chi connectivity index (χ4n) is 2.70. The maximum atomic E-state index is 12.7. The third kappa shape index (κ3) is 3.26. The lowest BCUT2D eigenvalue weighted by atomic mass is 10.1. The second kappa shape index (κ2) is 6.24. The number of pyridine rings is 1. The maximum Gasteiger partial charge on any atom is 0.328 e. The highest BCUT2D eigenvalue weighted by Gasteiger charge is 2.27. The zero-order chi connectivity index (χ0) is 16.4. The summed E-state index contributed by atoms with van der Waals surface area (Å²) in [5.74, 6) is -1.05. The maximum absolute atomic E-state index is 12.7. The molecule has 1 N–H and O–H groups in total. The van der Waals surface area contributed by atoms with Crippen LogP contribution in [0.5, 0.6) is 0 Å². The van der Waals surface area contributed by atoms with Crippen molar-refractivity contribution in [3.05, 3.63) is 64.0 Å². The number of aryl methyl sites for hydroxylation is 1. The van der Waals surface area contributed by atoms with Gasteiger partial charge < -0.3 is 9.67 Å². The summed E-state index contributed by atoms with van der Waals surface area (Å²) in [5, 5.41) is 8.74. The van der Waals surface area contributed by atoms with E-state index < -0.39 is 5.97 Å². The second-order valence-electron chi connectivity index (χ2n) is 5.80. The molecular weight excluding hydrogens is 290 g/mol. The Morgan fingerprint density at radius 2 is 1.91 bits per heavy atom. The van der Waals surface area contributed by atoms with E-state index in [0.29, 0.717) is 5.56 Å². The molecule has 0 saturated heterocycles. The molecule has 0 radical (unpaired) electrons. The van der Waals surface area contributed by atoms with Crippen molar-refractivity contribution >= 4 is 12.0 Å². The highest BCUT2D eigenvalue weighted by Crippen LogP contribution is 2.37. The summed E-state index contributed by atoms with van der Waals surface area (Å²) in [6.07, 6.45) is 5.34. The van der Waals surface area contributed by atoms with Crippen LogP contribution in [0.2, 0.25) is 0 Å². The van der Waals surface area contributed by atoms with Gasteiger partial charge in [0.15, 0.2) is 0 Å². The first kappa shape index (κ1) is 15.3. The van der Waals surface area contributed by atoms with Gasteiger partial charge in [0.1, 0.15) is 0 Å². The van der Waals surface area contributed by atoms with Gasteiger partial charge in [-0.15, -0.1) is 0 Å². The van der Waals surface area contributed by atoms with Crippen molar-refractivity contribution in [1.29, 1.82) is 0 Å². The largest absolute Gasteiger partial charge is 0.478 e. The molecule has 0 amide bonds. The minimum Gasteiger partial charge on any atom is -0.478 e. The predicted molar refractivity (Wildman–Crippen MR) is 90.5 cm³/mol. The molecule has 1 aliphatic rings. The first-order valence-corrected chi connectivity index (χ1v) is 7.86. The molecule has 1 aromatic carbocycles. The van der Waals surface area contributed by atoms with E-state index >= 15 is 0 Å². The standard InChI is InChI=1S/C19H19NO3/c1-2-13-3-5-14(6-4-13)17-11-7-15(8-12-18(21)22)19(23)20(17)16-9-10-16/h3-8,11-12,16H,2,9-10H2,1H3,(H,21,22)/b12-8+. The molecular formula is C19H19NO3. The van der Waals surface area contributed by atoms with E-state index in [-0.39, 0.29) is 11.6 Å². The summed E-state index contributed by atoms with van der Waals surface area (Å²) in [6.45, 7) is 2.11. The lowest BCUT2D eigenvalue weighted by molar-refractivity contribution is -0.131. The Morgan fingerprint density at radius 3 is 2.48 bits per heavy atom. The van der Waals surface area contributed by atoms with Crippen molar-refractivity contribution in [1.82, 2.24) is 4.57 Å². The SMILES string of the molecule is CCc1ccc(-c2ccc(/C=C/C(=O)O)c(=O)n2C2CC2)cc1. The van der Waals surface area contributed by atoms with E-state index in [9.17, 15) is 9.59 Å². The van der Waals surface area contributed by atoms with Crippen LogP contribution in [0.3, 0.4) is 0 Å². The second-order valence-corrected chi connectivity index (χ2v) is 5.80. The van der Waals surface area contributed by atoms with Crippen LogP contribution in [-0.4, -0.2) is 15.6 Å². The van der Waals surface area contributed by atoms with E-state index in [1.54, 1.807) is 6.07 Å². The van der Waals surface area contributed by atoms with E-state index in [2.05, 4.69) is 19.1 Å². The Labute approximate surface area is 134 Å². The number of nitrogens with zero attached hydrogens (tertiary/aromatic N) is 1. The summed E-state index contributed by atoms with van der Waals surface area (Å²) in [4.78, 5) is 23.4. The fourth-order valence-corrected chi connectivity index (χ4v) is 2.70. The van der Waals surface area contributed by atoms with Gasteiger partial charge in [-0.25, -0.2) is 4.79 Å². The van der Waals surface area contributed by atoms with Gasteiger partial charge in [0, 0.05) is 17.7 Å². The molecule has 2 aromatic rings. The molecule has 0 atom stereocenters. The number of carboxylic acids is 1. The average Bonchev–Trinajstić information content (AvgIpc) is 3.38. The molecule has 1 aliphatic carbocycles. The van der Waals surface area contributed by atoms with E-state index in [1.165, 1.54) is 11.6 Å². The van der Waals surface area contributed by atoms with E-state index in [0.717, 1.165) is 36.6 Å². The van der Waals surface area contributed by atoms with Crippen LogP contribution in [0.25, 0.3) is 17.3 Å². The van der Waals surface area contributed by atoms with Gasteiger partial charge in [0.25, 0.3) is 5.56 Å². The van der Waals surface area contributed by atoms with Gasteiger partial charge >= 0.3 is 5.97 Å². The Bertz CT molecular complexity index is 811. The van der Waals surface area contributed by atoms with Gasteiger partial charge in [-0.2, -0.15) is 0 Å². The van der Waals surface area contributed by atoms with Gasteiger partial charge in [0.2, 0.25) is 0 Å². The van der Waals surface area contributed by atoms with E-state index in [4.69, 9.17) is 5.11 Å². The molecule has 23 heavy (non-hydrogen) atoms. The first-order chi connectivity index (χ1) is 11.1. The summed E-state index contributed by atoms with van der Waals surface area (Å²) in [6, 6.07) is 12.1. The number of carboxylic acid groups (broad SMARTS) is 1. The summed E-state index contributed by atoms with van der Waals surface area (Å²) >= 11 is 0. The van der Waals surface area contributed by atoms with Crippen LogP contribution in [0.4, 0.5) is 0 Å². The van der Waals surface area contributed by atoms with Crippen LogP contribution in [-0.2, 0) is 11.2 Å². The van der Waals surface area contributed by atoms with Crippen LogP contribution in [0.15, 0.2) is 47.3 Å². The third-order valence-electron chi connectivity index (χ3n) is 4.12. The van der Waals surface area contributed by atoms with Gasteiger partial charge in [-0.05, 0) is 48.6 Å². The summed E-state index contributed by atoms with van der Waals surface area (Å²) in [7, 11) is 0. The normalized spacial score (nSPS) is 14.3. The van der Waals surface area contributed by atoms with Crippen LogP contribution in [0, 0.1) is 0 Å². The third-order valence-corrected chi connectivity index (χ3v) is 4.12. The lowest BCUT2D eigenvalue weighted by Gasteiger charge is -2.13. The predicted octanol–water partition coefficient (Wildman–Crippen LogP) is 3.51. The molecule has 1 saturated carbocycles. The molecule has 4 nitrogen and oxygen atoms in total. The molecule has 118 valence electrons. The average molecular weight is 309 g/mol. The minimum absolute atomic E-state index is 0.123. The number of carbonyl (C=O) groups is 1. The van der Waals surface area contributed by atoms with Crippen molar-refractivity contribution in [3.63, 3.8) is 0 Å². The van der Waals surface area contributed by atoms with Gasteiger partial charge in [-0.3, -0.25) is 4.79 Å². The molecule has 0 bridgehead atoms. The Kier molecular flexibility index (Phi) is 4.15. The smallest absolute Gasteiger partial charge is 0.328 e. The Hall–Kier alpha value is -2.62. The Balaban J connectivity index is 2.08. The monoisotopic (exact) mass is 309 g/mol. The highest BCUT2D eigenvalue weighted by atomic mass is 16.4. The summed E-state index contributed by atoms with van der Waals surface area (Å²) in [5.41, 5.74) is 3.46. The quantitative estimate of drug-likeness (QED) is 0.860. The molecule has 4 heteroatoms. The number of aromatic nitrogens is 1. The van der Waals surface area contributed by atoms with Crippen molar-refractivity contribution in [2.45, 2.75) is 32.2 Å². The van der Waals surface area contributed by atoms with Gasteiger partial charge in [-0.1, -0.05) is 31.2 Å². The zero-order valence-electron chi connectivity index (χ0n) is 13.0. The molecule has 1 heterocycles. The summed E-state index contributed by atoms with van der Waals surface area (Å²) < 4.78 is 1.81. The fraction of sp³-hybridized carbons (Fsp3) is 0.263. The van der Waals surface area contributed by atoms with Crippen molar-refractivity contribution < 1.29 is 9.90 Å².